The van der Waals surface area contributed by atoms with Crippen molar-refractivity contribution in [3.05, 3.63) is 29.8 Å². The van der Waals surface area contributed by atoms with E-state index in [1.807, 2.05) is 4.90 Å². The second-order valence-corrected chi connectivity index (χ2v) is 10.7. The first-order valence-corrected chi connectivity index (χ1v) is 12.7. The van der Waals surface area contributed by atoms with Gasteiger partial charge in [-0.15, -0.1) is 0 Å². The molecule has 2 saturated heterocycles. The molecule has 1 N–H and O–H groups in total. The van der Waals surface area contributed by atoms with Crippen LogP contribution in [0.4, 0.5) is 0 Å². The van der Waals surface area contributed by atoms with E-state index in [9.17, 15) is 22.8 Å². The second-order valence-electron chi connectivity index (χ2n) is 8.60. The number of rotatable bonds is 7. The van der Waals surface area contributed by atoms with Crippen LogP contribution >= 0.6 is 0 Å². The standard InChI is InChI=1S/C22H33N5O5S/c1-24(2)33(31,32)19-8-6-7-18(15-19)22(30)23-16-20(28)27-13-11-25(12-14-27)17-21(29)26-9-4-3-5-10-26/h6-8,15H,3-5,9-14,16-17H2,1-2H3,(H,23,30). The van der Waals surface area contributed by atoms with Crippen LogP contribution in [-0.4, -0.2) is 112 Å². The Hall–Kier alpha value is -2.50. The Morgan fingerprint density at radius 1 is 0.909 bits per heavy atom. The number of piperazine rings is 1. The molecular weight excluding hydrogens is 446 g/mol. The quantitative estimate of drug-likeness (QED) is 0.581. The van der Waals surface area contributed by atoms with E-state index in [0.29, 0.717) is 32.7 Å². The van der Waals surface area contributed by atoms with Crippen LogP contribution in [-0.2, 0) is 19.6 Å². The van der Waals surface area contributed by atoms with Crippen molar-refractivity contribution in [1.82, 2.24) is 24.3 Å². The van der Waals surface area contributed by atoms with Crippen LogP contribution in [0, 0.1) is 0 Å². The van der Waals surface area contributed by atoms with Gasteiger partial charge in [-0.05, 0) is 37.5 Å². The van der Waals surface area contributed by atoms with Crippen LogP contribution < -0.4 is 5.32 Å². The van der Waals surface area contributed by atoms with Crippen molar-refractivity contribution in [2.75, 3.05) is 66.5 Å². The van der Waals surface area contributed by atoms with Gasteiger partial charge in [0.1, 0.15) is 0 Å². The zero-order valence-corrected chi connectivity index (χ0v) is 20.1. The highest BCUT2D eigenvalue weighted by atomic mass is 32.2. The maximum absolute atomic E-state index is 12.5. The Bertz CT molecular complexity index is 967. The minimum Gasteiger partial charge on any atom is -0.343 e. The van der Waals surface area contributed by atoms with Gasteiger partial charge in [-0.3, -0.25) is 19.3 Å². The summed E-state index contributed by atoms with van der Waals surface area (Å²) >= 11 is 0. The van der Waals surface area contributed by atoms with Crippen LogP contribution in [0.3, 0.4) is 0 Å². The van der Waals surface area contributed by atoms with Crippen molar-refractivity contribution in [3.63, 3.8) is 0 Å². The summed E-state index contributed by atoms with van der Waals surface area (Å²) in [4.78, 5) is 43.1. The summed E-state index contributed by atoms with van der Waals surface area (Å²) in [5, 5.41) is 2.58. The predicted molar refractivity (Wildman–Crippen MR) is 123 cm³/mol. The number of hydrogen-bond donors (Lipinski definition) is 1. The summed E-state index contributed by atoms with van der Waals surface area (Å²) in [5.41, 5.74) is 0.173. The summed E-state index contributed by atoms with van der Waals surface area (Å²) in [6.45, 7) is 4.10. The number of carbonyl (C=O) groups excluding carboxylic acids is 3. The highest BCUT2D eigenvalue weighted by molar-refractivity contribution is 7.89. The third-order valence-electron chi connectivity index (χ3n) is 6.07. The number of nitrogens with one attached hydrogen (secondary N) is 1. The van der Waals surface area contributed by atoms with Crippen molar-refractivity contribution >= 4 is 27.7 Å². The fraction of sp³-hybridized carbons (Fsp3) is 0.591. The predicted octanol–water partition coefficient (Wildman–Crippen LogP) is -0.177. The van der Waals surface area contributed by atoms with E-state index in [-0.39, 0.29) is 28.8 Å². The molecule has 1 aromatic carbocycles. The number of sulfonamides is 1. The largest absolute Gasteiger partial charge is 0.343 e. The maximum Gasteiger partial charge on any atom is 0.251 e. The number of piperidine rings is 1. The molecule has 3 amide bonds. The summed E-state index contributed by atoms with van der Waals surface area (Å²) in [5.74, 6) is -0.562. The minimum absolute atomic E-state index is 0.0155. The Kier molecular flexibility index (Phi) is 8.44. The van der Waals surface area contributed by atoms with Crippen molar-refractivity contribution in [1.29, 1.82) is 0 Å². The van der Waals surface area contributed by atoms with E-state index in [4.69, 9.17) is 0 Å². The molecule has 3 rings (SSSR count). The van der Waals surface area contributed by atoms with Gasteiger partial charge in [-0.25, -0.2) is 12.7 Å². The van der Waals surface area contributed by atoms with Crippen LogP contribution in [0.1, 0.15) is 29.6 Å². The summed E-state index contributed by atoms with van der Waals surface area (Å²) in [6, 6.07) is 5.73. The fourth-order valence-corrected chi connectivity index (χ4v) is 4.92. The van der Waals surface area contributed by atoms with Gasteiger partial charge in [0.05, 0.1) is 18.0 Å². The molecular formula is C22H33N5O5S. The molecule has 0 radical (unpaired) electrons. The lowest BCUT2D eigenvalue weighted by molar-refractivity contribution is -0.135. The first kappa shape index (κ1) is 25.1. The zero-order chi connectivity index (χ0) is 24.0. The molecule has 0 atom stereocenters. The number of amides is 3. The molecule has 2 aliphatic rings. The number of likely N-dealkylation sites (tertiary alicyclic amines) is 1. The molecule has 2 fully saturated rings. The summed E-state index contributed by atoms with van der Waals surface area (Å²) < 4.78 is 25.6. The topological polar surface area (TPSA) is 110 Å². The van der Waals surface area contributed by atoms with Crippen LogP contribution in [0.25, 0.3) is 0 Å². The molecule has 2 aliphatic heterocycles. The van der Waals surface area contributed by atoms with Gasteiger partial charge in [-0.1, -0.05) is 6.07 Å². The Balaban J connectivity index is 1.45. The molecule has 0 aromatic heterocycles. The molecule has 0 unspecified atom stereocenters. The summed E-state index contributed by atoms with van der Waals surface area (Å²) in [7, 11) is -0.815. The van der Waals surface area contributed by atoms with Crippen molar-refractivity contribution in [2.24, 2.45) is 0 Å². The molecule has 33 heavy (non-hydrogen) atoms. The van der Waals surface area contributed by atoms with E-state index >= 15 is 0 Å². The Morgan fingerprint density at radius 3 is 2.18 bits per heavy atom. The van der Waals surface area contributed by atoms with Gasteiger partial charge in [0, 0.05) is 58.9 Å². The van der Waals surface area contributed by atoms with Crippen LogP contribution in [0.15, 0.2) is 29.2 Å². The average Bonchev–Trinajstić information content (AvgIpc) is 2.83. The van der Waals surface area contributed by atoms with Crippen LogP contribution in [0.5, 0.6) is 0 Å². The van der Waals surface area contributed by atoms with Crippen molar-refractivity contribution in [3.8, 4) is 0 Å². The van der Waals surface area contributed by atoms with Gasteiger partial charge in [0.25, 0.3) is 5.91 Å². The fourth-order valence-electron chi connectivity index (χ4n) is 3.97. The van der Waals surface area contributed by atoms with Gasteiger partial charge in [-0.2, -0.15) is 0 Å². The van der Waals surface area contributed by atoms with Gasteiger partial charge in [0.2, 0.25) is 21.8 Å². The SMILES string of the molecule is CN(C)S(=O)(=O)c1cccc(C(=O)NCC(=O)N2CCN(CC(=O)N3CCCCC3)CC2)c1. The lowest BCUT2D eigenvalue weighted by Crippen LogP contribution is -2.53. The number of nitrogens with zero attached hydrogens (tertiary/aromatic N) is 4. The number of benzene rings is 1. The molecule has 0 saturated carbocycles. The highest BCUT2D eigenvalue weighted by Crippen LogP contribution is 2.15. The van der Waals surface area contributed by atoms with E-state index in [1.165, 1.54) is 44.8 Å². The zero-order valence-electron chi connectivity index (χ0n) is 19.3. The molecule has 10 nitrogen and oxygen atoms in total. The van der Waals surface area contributed by atoms with Gasteiger partial charge >= 0.3 is 0 Å². The molecule has 1 aromatic rings. The lowest BCUT2D eigenvalue weighted by Gasteiger charge is -2.36. The third kappa shape index (κ3) is 6.52. The Morgan fingerprint density at radius 2 is 1.55 bits per heavy atom. The molecule has 0 bridgehead atoms. The smallest absolute Gasteiger partial charge is 0.251 e. The van der Waals surface area contributed by atoms with E-state index < -0.39 is 15.9 Å². The van der Waals surface area contributed by atoms with Gasteiger partial charge < -0.3 is 15.1 Å². The first-order chi connectivity index (χ1) is 15.7. The Labute approximate surface area is 195 Å². The summed E-state index contributed by atoms with van der Waals surface area (Å²) in [6.07, 6.45) is 3.31. The number of carbonyl (C=O) groups is 3. The molecule has 0 aliphatic carbocycles. The molecule has 0 spiro atoms. The van der Waals surface area contributed by atoms with Crippen molar-refractivity contribution in [2.45, 2.75) is 24.2 Å². The van der Waals surface area contributed by atoms with Gasteiger partial charge in [0.15, 0.2) is 0 Å². The molecule has 182 valence electrons. The average molecular weight is 480 g/mol. The van der Waals surface area contributed by atoms with E-state index in [0.717, 1.165) is 30.2 Å². The monoisotopic (exact) mass is 479 g/mol. The van der Waals surface area contributed by atoms with E-state index in [1.54, 1.807) is 4.90 Å². The van der Waals surface area contributed by atoms with Crippen molar-refractivity contribution < 1.29 is 22.8 Å². The van der Waals surface area contributed by atoms with Crippen LogP contribution in [0.2, 0.25) is 0 Å². The normalized spacial score (nSPS) is 17.8. The minimum atomic E-state index is -3.66. The number of hydrogen-bond acceptors (Lipinski definition) is 6. The second kappa shape index (κ2) is 11.1. The molecule has 2 heterocycles. The third-order valence-corrected chi connectivity index (χ3v) is 7.88. The molecule has 11 heteroatoms. The lowest BCUT2D eigenvalue weighted by atomic mass is 10.1. The van der Waals surface area contributed by atoms with E-state index in [2.05, 4.69) is 10.2 Å². The first-order valence-electron chi connectivity index (χ1n) is 11.3. The maximum atomic E-state index is 12.5. The highest BCUT2D eigenvalue weighted by Gasteiger charge is 2.25.